The summed E-state index contributed by atoms with van der Waals surface area (Å²) in [6, 6.07) is 2.28. The van der Waals surface area contributed by atoms with Gasteiger partial charge in [-0.2, -0.15) is 13.2 Å². The van der Waals surface area contributed by atoms with Crippen LogP contribution in [0.3, 0.4) is 0 Å². The molecule has 0 aliphatic heterocycles. The van der Waals surface area contributed by atoms with E-state index in [0.717, 1.165) is 6.07 Å². The van der Waals surface area contributed by atoms with E-state index in [1.165, 1.54) is 23.0 Å². The SMILES string of the molecule is FC(F)(F)c1cccn2cnnc12. The van der Waals surface area contributed by atoms with E-state index < -0.39 is 11.7 Å². The van der Waals surface area contributed by atoms with Gasteiger partial charge in [-0.15, -0.1) is 10.2 Å². The number of fused-ring (bicyclic) bond motifs is 1. The molecule has 0 fully saturated rings. The topological polar surface area (TPSA) is 30.2 Å². The third-order valence-electron chi connectivity index (χ3n) is 1.63. The van der Waals surface area contributed by atoms with Crippen molar-refractivity contribution >= 4 is 5.65 Å². The number of pyridine rings is 1. The molecule has 0 aromatic carbocycles. The molecule has 0 aliphatic rings. The second kappa shape index (κ2) is 2.45. The van der Waals surface area contributed by atoms with Crippen LogP contribution in [0.4, 0.5) is 13.2 Å². The molecule has 0 spiro atoms. The maximum absolute atomic E-state index is 12.3. The van der Waals surface area contributed by atoms with Crippen molar-refractivity contribution in [3.05, 3.63) is 30.2 Å². The normalized spacial score (nSPS) is 12.2. The largest absolute Gasteiger partial charge is 0.420 e. The van der Waals surface area contributed by atoms with Gasteiger partial charge in [0, 0.05) is 6.20 Å². The fraction of sp³-hybridized carbons (Fsp3) is 0.143. The Morgan fingerprint density at radius 2 is 2.08 bits per heavy atom. The van der Waals surface area contributed by atoms with Gasteiger partial charge in [0.1, 0.15) is 11.9 Å². The number of hydrogen-bond donors (Lipinski definition) is 0. The van der Waals surface area contributed by atoms with Gasteiger partial charge in [-0.25, -0.2) is 0 Å². The van der Waals surface area contributed by atoms with Gasteiger partial charge in [0.25, 0.3) is 0 Å². The summed E-state index contributed by atoms with van der Waals surface area (Å²) in [7, 11) is 0. The number of alkyl halides is 3. The van der Waals surface area contributed by atoms with Gasteiger partial charge < -0.3 is 0 Å². The van der Waals surface area contributed by atoms with Crippen LogP contribution in [-0.2, 0) is 6.18 Å². The molecule has 0 saturated heterocycles. The first kappa shape index (κ1) is 8.03. The highest BCUT2D eigenvalue weighted by molar-refractivity contribution is 5.47. The van der Waals surface area contributed by atoms with Gasteiger partial charge in [-0.1, -0.05) is 0 Å². The lowest BCUT2D eigenvalue weighted by Crippen LogP contribution is -2.07. The number of rotatable bonds is 0. The highest BCUT2D eigenvalue weighted by Crippen LogP contribution is 2.31. The predicted molar refractivity (Wildman–Crippen MR) is 38.0 cm³/mol. The Morgan fingerprint density at radius 1 is 1.31 bits per heavy atom. The molecule has 0 amide bonds. The molecule has 0 radical (unpaired) electrons. The molecule has 2 aromatic heterocycles. The van der Waals surface area contributed by atoms with Crippen LogP contribution in [0.25, 0.3) is 5.65 Å². The van der Waals surface area contributed by atoms with Crippen LogP contribution in [0.5, 0.6) is 0 Å². The minimum atomic E-state index is -4.38. The molecule has 68 valence electrons. The van der Waals surface area contributed by atoms with Crippen molar-refractivity contribution in [2.24, 2.45) is 0 Å². The van der Waals surface area contributed by atoms with Gasteiger partial charge in [-0.05, 0) is 12.1 Å². The third kappa shape index (κ3) is 1.24. The molecule has 0 N–H and O–H groups in total. The fourth-order valence-corrected chi connectivity index (χ4v) is 1.07. The standard InChI is InChI=1S/C7H4F3N3/c8-7(9,10)5-2-1-3-13-4-11-12-6(5)13/h1-4H. The average molecular weight is 187 g/mol. The quantitative estimate of drug-likeness (QED) is 0.628. The lowest BCUT2D eigenvalue weighted by atomic mass is 10.2. The summed E-state index contributed by atoms with van der Waals surface area (Å²) in [4.78, 5) is 0. The molecule has 13 heavy (non-hydrogen) atoms. The minimum absolute atomic E-state index is 0.171. The van der Waals surface area contributed by atoms with Crippen molar-refractivity contribution in [1.29, 1.82) is 0 Å². The lowest BCUT2D eigenvalue weighted by molar-refractivity contribution is -0.136. The summed E-state index contributed by atoms with van der Waals surface area (Å²) >= 11 is 0. The molecule has 2 heterocycles. The molecule has 0 unspecified atom stereocenters. The lowest BCUT2D eigenvalue weighted by Gasteiger charge is -2.06. The highest BCUT2D eigenvalue weighted by Gasteiger charge is 2.33. The first-order valence-electron chi connectivity index (χ1n) is 3.44. The number of nitrogens with zero attached hydrogens (tertiary/aromatic N) is 3. The highest BCUT2D eigenvalue weighted by atomic mass is 19.4. The van der Waals surface area contributed by atoms with Gasteiger partial charge in [0.2, 0.25) is 0 Å². The fourth-order valence-electron chi connectivity index (χ4n) is 1.07. The molecule has 2 aromatic rings. The van der Waals surface area contributed by atoms with Crippen LogP contribution < -0.4 is 0 Å². The molecule has 2 rings (SSSR count). The number of hydrogen-bond acceptors (Lipinski definition) is 2. The maximum Gasteiger partial charge on any atom is 0.420 e. The molecule has 0 atom stereocenters. The van der Waals surface area contributed by atoms with Crippen LogP contribution >= 0.6 is 0 Å². The second-order valence-electron chi connectivity index (χ2n) is 2.48. The average Bonchev–Trinajstić information content (AvgIpc) is 2.48. The summed E-state index contributed by atoms with van der Waals surface area (Å²) in [5, 5.41) is 6.77. The van der Waals surface area contributed by atoms with E-state index in [2.05, 4.69) is 10.2 Å². The van der Waals surface area contributed by atoms with Crippen molar-refractivity contribution in [1.82, 2.24) is 14.6 Å². The Kier molecular flexibility index (Phi) is 1.51. The van der Waals surface area contributed by atoms with E-state index in [1.54, 1.807) is 0 Å². The van der Waals surface area contributed by atoms with Crippen molar-refractivity contribution in [2.75, 3.05) is 0 Å². The first-order chi connectivity index (χ1) is 6.09. The van der Waals surface area contributed by atoms with E-state index in [0.29, 0.717) is 0 Å². The number of halogens is 3. The molecule has 0 bridgehead atoms. The monoisotopic (exact) mass is 187 g/mol. The van der Waals surface area contributed by atoms with Gasteiger partial charge in [0.15, 0.2) is 5.65 Å². The summed E-state index contributed by atoms with van der Waals surface area (Å²) in [6.45, 7) is 0. The molecule has 3 nitrogen and oxygen atoms in total. The van der Waals surface area contributed by atoms with E-state index in [9.17, 15) is 13.2 Å². The predicted octanol–water partition coefficient (Wildman–Crippen LogP) is 1.75. The Morgan fingerprint density at radius 3 is 2.77 bits per heavy atom. The number of aromatic nitrogens is 3. The Hall–Kier alpha value is -1.59. The van der Waals surface area contributed by atoms with Crippen LogP contribution in [0, 0.1) is 0 Å². The molecule has 0 aliphatic carbocycles. The van der Waals surface area contributed by atoms with E-state index in [4.69, 9.17) is 0 Å². The zero-order valence-corrected chi connectivity index (χ0v) is 6.28. The summed E-state index contributed by atoms with van der Waals surface area (Å²) in [5.74, 6) is 0. The second-order valence-corrected chi connectivity index (χ2v) is 2.48. The zero-order chi connectivity index (χ0) is 9.47. The third-order valence-corrected chi connectivity index (χ3v) is 1.63. The van der Waals surface area contributed by atoms with Crippen molar-refractivity contribution in [2.45, 2.75) is 6.18 Å². The smallest absolute Gasteiger partial charge is 0.289 e. The zero-order valence-electron chi connectivity index (χ0n) is 6.28. The van der Waals surface area contributed by atoms with Crippen LogP contribution in [0.2, 0.25) is 0 Å². The van der Waals surface area contributed by atoms with Crippen molar-refractivity contribution in [3.8, 4) is 0 Å². The summed E-state index contributed by atoms with van der Waals surface area (Å²) < 4.78 is 38.2. The van der Waals surface area contributed by atoms with Gasteiger partial charge in [-0.3, -0.25) is 4.40 Å². The molecular weight excluding hydrogens is 183 g/mol. The van der Waals surface area contributed by atoms with Crippen LogP contribution in [0.15, 0.2) is 24.7 Å². The van der Waals surface area contributed by atoms with E-state index in [-0.39, 0.29) is 5.65 Å². The molecular formula is C7H4F3N3. The minimum Gasteiger partial charge on any atom is -0.289 e. The van der Waals surface area contributed by atoms with Gasteiger partial charge >= 0.3 is 6.18 Å². The maximum atomic E-state index is 12.3. The van der Waals surface area contributed by atoms with Crippen LogP contribution in [-0.4, -0.2) is 14.6 Å². The summed E-state index contributed by atoms with van der Waals surface area (Å²) in [5.41, 5.74) is -0.942. The van der Waals surface area contributed by atoms with Gasteiger partial charge in [0.05, 0.1) is 0 Å². The van der Waals surface area contributed by atoms with Crippen molar-refractivity contribution in [3.63, 3.8) is 0 Å². The van der Waals surface area contributed by atoms with E-state index in [1.807, 2.05) is 0 Å². The Balaban J connectivity index is 2.75. The van der Waals surface area contributed by atoms with Crippen LogP contribution in [0.1, 0.15) is 5.56 Å². The molecule has 0 saturated carbocycles. The van der Waals surface area contributed by atoms with E-state index >= 15 is 0 Å². The Labute approximate surface area is 70.8 Å². The first-order valence-corrected chi connectivity index (χ1v) is 3.44. The Bertz CT molecular complexity index is 432. The molecule has 6 heteroatoms. The summed E-state index contributed by atoms with van der Waals surface area (Å²) in [6.07, 6.45) is -1.69. The van der Waals surface area contributed by atoms with Crippen molar-refractivity contribution < 1.29 is 13.2 Å².